The number of methoxy groups -OCH3 is 1. The first-order valence-corrected chi connectivity index (χ1v) is 3.42. The molecule has 4 heteroatoms. The van der Waals surface area contributed by atoms with Gasteiger partial charge in [0.05, 0.1) is 12.1 Å². The van der Waals surface area contributed by atoms with Crippen LogP contribution in [-0.2, 0) is 9.53 Å². The Morgan fingerprint density at radius 1 is 1.64 bits per heavy atom. The monoisotopic (exact) mass is 161 g/mol. The van der Waals surface area contributed by atoms with Gasteiger partial charge in [0.2, 0.25) is 5.91 Å². The van der Waals surface area contributed by atoms with Crippen LogP contribution in [0.5, 0.6) is 0 Å². The maximum Gasteiger partial charge on any atom is 0.246 e. The van der Waals surface area contributed by atoms with Gasteiger partial charge in [-0.3, -0.25) is 4.79 Å². The van der Waals surface area contributed by atoms with Gasteiger partial charge in [0.1, 0.15) is 6.61 Å². The summed E-state index contributed by atoms with van der Waals surface area (Å²) in [4.78, 5) is 10.9. The molecule has 0 fully saturated rings. The number of carbonyl (C=O) groups is 1. The van der Waals surface area contributed by atoms with Crippen molar-refractivity contribution in [2.45, 2.75) is 19.4 Å². The van der Waals surface area contributed by atoms with Crippen LogP contribution in [0, 0.1) is 0 Å². The fourth-order valence-electron chi connectivity index (χ4n) is 0.584. The van der Waals surface area contributed by atoms with Crippen molar-refractivity contribution in [3.63, 3.8) is 0 Å². The third kappa shape index (κ3) is 4.75. The van der Waals surface area contributed by atoms with Gasteiger partial charge < -0.3 is 15.2 Å². The molecule has 0 saturated heterocycles. The Labute approximate surface area is 66.5 Å². The average molecular weight is 161 g/mol. The number of carbonyl (C=O) groups excluding carboxylic acids is 1. The summed E-state index contributed by atoms with van der Waals surface area (Å²) in [6, 6.07) is 0. The zero-order chi connectivity index (χ0) is 8.91. The molecule has 0 saturated carbocycles. The molecule has 0 aliphatic carbocycles. The number of aliphatic hydroxyl groups excluding tert-OH is 1. The summed E-state index contributed by atoms with van der Waals surface area (Å²) in [6.45, 7) is 3.42. The van der Waals surface area contributed by atoms with E-state index in [9.17, 15) is 4.79 Å². The molecule has 0 aliphatic heterocycles. The lowest BCUT2D eigenvalue weighted by molar-refractivity contribution is -0.126. The van der Waals surface area contributed by atoms with E-state index in [0.29, 0.717) is 0 Å². The van der Waals surface area contributed by atoms with Gasteiger partial charge >= 0.3 is 0 Å². The molecule has 0 aliphatic rings. The molecule has 0 bridgehead atoms. The summed E-state index contributed by atoms with van der Waals surface area (Å²) < 4.78 is 4.60. The molecule has 0 rings (SSSR count). The highest BCUT2D eigenvalue weighted by Gasteiger charge is 2.18. The highest BCUT2D eigenvalue weighted by atomic mass is 16.5. The SMILES string of the molecule is COCC(=O)NC(C)(C)CO. The van der Waals surface area contributed by atoms with Crippen molar-refractivity contribution < 1.29 is 14.6 Å². The Balaban J connectivity index is 3.74. The van der Waals surface area contributed by atoms with Crippen LogP contribution in [0.15, 0.2) is 0 Å². The summed E-state index contributed by atoms with van der Waals surface area (Å²) in [5, 5.41) is 11.3. The van der Waals surface area contributed by atoms with E-state index in [0.717, 1.165) is 0 Å². The van der Waals surface area contributed by atoms with Gasteiger partial charge in [0.25, 0.3) is 0 Å². The molecular formula is C7H15NO3. The number of aliphatic hydroxyl groups is 1. The molecule has 0 radical (unpaired) electrons. The second kappa shape index (κ2) is 4.31. The molecule has 0 heterocycles. The van der Waals surface area contributed by atoms with Crippen molar-refractivity contribution >= 4 is 5.91 Å². The van der Waals surface area contributed by atoms with Crippen LogP contribution >= 0.6 is 0 Å². The summed E-state index contributed by atoms with van der Waals surface area (Å²) in [5.41, 5.74) is -0.560. The van der Waals surface area contributed by atoms with Crippen LogP contribution in [0.2, 0.25) is 0 Å². The summed E-state index contributed by atoms with van der Waals surface area (Å²) in [6.07, 6.45) is 0. The molecule has 11 heavy (non-hydrogen) atoms. The van der Waals surface area contributed by atoms with E-state index >= 15 is 0 Å². The van der Waals surface area contributed by atoms with E-state index in [1.807, 2.05) is 0 Å². The first-order valence-electron chi connectivity index (χ1n) is 3.42. The highest BCUT2D eigenvalue weighted by molar-refractivity contribution is 5.77. The lowest BCUT2D eigenvalue weighted by atomic mass is 10.1. The van der Waals surface area contributed by atoms with Gasteiger partial charge in [-0.1, -0.05) is 0 Å². The van der Waals surface area contributed by atoms with Gasteiger partial charge in [-0.2, -0.15) is 0 Å². The minimum absolute atomic E-state index is 0.0312. The van der Waals surface area contributed by atoms with Crippen LogP contribution in [0.3, 0.4) is 0 Å². The van der Waals surface area contributed by atoms with Crippen molar-refractivity contribution in [3.05, 3.63) is 0 Å². The molecule has 0 aromatic heterocycles. The van der Waals surface area contributed by atoms with Gasteiger partial charge in [-0.25, -0.2) is 0 Å². The number of nitrogens with one attached hydrogen (secondary N) is 1. The van der Waals surface area contributed by atoms with Crippen LogP contribution in [0.1, 0.15) is 13.8 Å². The number of amides is 1. The molecule has 2 N–H and O–H groups in total. The van der Waals surface area contributed by atoms with Crippen molar-refractivity contribution in [1.82, 2.24) is 5.32 Å². The van der Waals surface area contributed by atoms with Crippen molar-refractivity contribution in [1.29, 1.82) is 0 Å². The van der Waals surface area contributed by atoms with Gasteiger partial charge in [0, 0.05) is 7.11 Å². The van der Waals surface area contributed by atoms with Gasteiger partial charge in [0.15, 0.2) is 0 Å². The number of rotatable bonds is 4. The lowest BCUT2D eigenvalue weighted by Gasteiger charge is -2.22. The maximum atomic E-state index is 10.9. The van der Waals surface area contributed by atoms with Gasteiger partial charge in [-0.15, -0.1) is 0 Å². The lowest BCUT2D eigenvalue weighted by Crippen LogP contribution is -2.47. The van der Waals surface area contributed by atoms with E-state index in [4.69, 9.17) is 5.11 Å². The van der Waals surface area contributed by atoms with Gasteiger partial charge in [-0.05, 0) is 13.8 Å². The maximum absolute atomic E-state index is 10.9. The van der Waals surface area contributed by atoms with E-state index in [1.165, 1.54) is 7.11 Å². The number of hydrogen-bond acceptors (Lipinski definition) is 3. The molecule has 0 aromatic carbocycles. The Kier molecular flexibility index (Phi) is 4.07. The standard InChI is InChI=1S/C7H15NO3/c1-7(2,5-9)8-6(10)4-11-3/h9H,4-5H2,1-3H3,(H,8,10). The van der Waals surface area contributed by atoms with E-state index in [2.05, 4.69) is 10.1 Å². The predicted molar refractivity (Wildman–Crippen MR) is 41.2 cm³/mol. The zero-order valence-electron chi connectivity index (χ0n) is 7.18. The Hall–Kier alpha value is -0.610. The largest absolute Gasteiger partial charge is 0.394 e. The third-order valence-electron chi connectivity index (χ3n) is 1.15. The van der Waals surface area contributed by atoms with Crippen molar-refractivity contribution in [2.24, 2.45) is 0 Å². The molecule has 1 amide bonds. The summed E-state index contributed by atoms with van der Waals surface area (Å²) in [5.74, 6) is -0.216. The number of ether oxygens (including phenoxy) is 1. The number of hydrogen-bond donors (Lipinski definition) is 2. The summed E-state index contributed by atoms with van der Waals surface area (Å²) in [7, 11) is 1.45. The highest BCUT2D eigenvalue weighted by Crippen LogP contribution is 1.98. The second-order valence-electron chi connectivity index (χ2n) is 3.02. The Morgan fingerprint density at radius 2 is 2.18 bits per heavy atom. The molecule has 0 spiro atoms. The minimum atomic E-state index is -0.560. The third-order valence-corrected chi connectivity index (χ3v) is 1.15. The van der Waals surface area contributed by atoms with E-state index in [-0.39, 0.29) is 19.1 Å². The first kappa shape index (κ1) is 10.4. The summed E-state index contributed by atoms with van der Waals surface area (Å²) >= 11 is 0. The van der Waals surface area contributed by atoms with Crippen LogP contribution in [0.4, 0.5) is 0 Å². The predicted octanol–water partition coefficient (Wildman–Crippen LogP) is -0.480. The van der Waals surface area contributed by atoms with Crippen molar-refractivity contribution in [3.8, 4) is 0 Å². The van der Waals surface area contributed by atoms with Crippen LogP contribution < -0.4 is 5.32 Å². The Bertz CT molecular complexity index is 134. The van der Waals surface area contributed by atoms with E-state index in [1.54, 1.807) is 13.8 Å². The first-order chi connectivity index (χ1) is 5.02. The van der Waals surface area contributed by atoms with Crippen LogP contribution in [0.25, 0.3) is 0 Å². The second-order valence-corrected chi connectivity index (χ2v) is 3.02. The van der Waals surface area contributed by atoms with Crippen LogP contribution in [-0.4, -0.2) is 36.9 Å². The quantitative estimate of drug-likeness (QED) is 0.585. The topological polar surface area (TPSA) is 58.6 Å². The fourth-order valence-corrected chi connectivity index (χ4v) is 0.584. The Morgan fingerprint density at radius 3 is 2.55 bits per heavy atom. The molecule has 66 valence electrons. The molecular weight excluding hydrogens is 146 g/mol. The molecule has 4 nitrogen and oxygen atoms in total. The molecule has 0 unspecified atom stereocenters. The molecule has 0 atom stereocenters. The van der Waals surface area contributed by atoms with Crippen molar-refractivity contribution in [2.75, 3.05) is 20.3 Å². The van der Waals surface area contributed by atoms with E-state index < -0.39 is 5.54 Å². The fraction of sp³-hybridized carbons (Fsp3) is 0.857. The smallest absolute Gasteiger partial charge is 0.246 e. The average Bonchev–Trinajstić information content (AvgIpc) is 1.87. The normalized spacial score (nSPS) is 11.3. The zero-order valence-corrected chi connectivity index (χ0v) is 7.18. The molecule has 0 aromatic rings. The minimum Gasteiger partial charge on any atom is -0.394 e.